The Hall–Kier alpha value is -0.770. The quantitative estimate of drug-likeness (QED) is 0.693. The van der Waals surface area contributed by atoms with Gasteiger partial charge in [0.2, 0.25) is 0 Å². The number of carbonyl (C=O) groups excluding carboxylic acids is 1. The summed E-state index contributed by atoms with van der Waals surface area (Å²) in [5, 5.41) is 0. The second-order valence-corrected chi connectivity index (χ2v) is 4.74. The van der Waals surface area contributed by atoms with Crippen LogP contribution < -0.4 is 11.5 Å². The number of urea groups is 1. The van der Waals surface area contributed by atoms with Crippen molar-refractivity contribution in [2.75, 3.05) is 13.1 Å². The van der Waals surface area contributed by atoms with Gasteiger partial charge in [-0.05, 0) is 31.2 Å². The van der Waals surface area contributed by atoms with Gasteiger partial charge >= 0.3 is 6.03 Å². The molecular formula is C10H21N3O. The summed E-state index contributed by atoms with van der Waals surface area (Å²) < 4.78 is 0. The van der Waals surface area contributed by atoms with Gasteiger partial charge in [0.25, 0.3) is 0 Å². The zero-order chi connectivity index (χ0) is 10.8. The molecule has 1 aliphatic heterocycles. The monoisotopic (exact) mass is 199 g/mol. The number of nitrogens with two attached hydrogens (primary N) is 2. The summed E-state index contributed by atoms with van der Waals surface area (Å²) in [6, 6.07) is -0.102. The molecule has 4 nitrogen and oxygen atoms in total. The third-order valence-corrected chi connectivity index (χ3v) is 3.21. The second kappa shape index (κ2) is 4.17. The molecular weight excluding hydrogens is 178 g/mol. The first-order valence-electron chi connectivity index (χ1n) is 5.25. The van der Waals surface area contributed by atoms with E-state index in [4.69, 9.17) is 11.5 Å². The van der Waals surface area contributed by atoms with E-state index in [-0.39, 0.29) is 17.5 Å². The van der Waals surface area contributed by atoms with Crippen molar-refractivity contribution < 1.29 is 4.79 Å². The number of hydrogen-bond donors (Lipinski definition) is 2. The van der Waals surface area contributed by atoms with Gasteiger partial charge < -0.3 is 16.4 Å². The molecule has 0 spiro atoms. The van der Waals surface area contributed by atoms with Crippen LogP contribution in [0.4, 0.5) is 4.79 Å². The molecule has 14 heavy (non-hydrogen) atoms. The topological polar surface area (TPSA) is 72.3 Å². The van der Waals surface area contributed by atoms with Gasteiger partial charge in [-0.15, -0.1) is 0 Å². The van der Waals surface area contributed by atoms with Crippen LogP contribution in [-0.4, -0.2) is 30.1 Å². The summed E-state index contributed by atoms with van der Waals surface area (Å²) >= 11 is 0. The Bertz CT molecular complexity index is 215. The van der Waals surface area contributed by atoms with Crippen LogP contribution >= 0.6 is 0 Å². The minimum absolute atomic E-state index is 0.0323. The van der Waals surface area contributed by atoms with E-state index in [0.717, 1.165) is 25.8 Å². The van der Waals surface area contributed by atoms with Crippen molar-refractivity contribution >= 4 is 6.03 Å². The van der Waals surface area contributed by atoms with Crippen molar-refractivity contribution in [1.82, 2.24) is 4.90 Å². The Balaban J connectivity index is 2.77. The summed E-state index contributed by atoms with van der Waals surface area (Å²) in [7, 11) is 0. The fourth-order valence-electron chi connectivity index (χ4n) is 2.14. The fraction of sp³-hybridized carbons (Fsp3) is 0.900. The number of amides is 2. The SMILES string of the molecule is CC(C)(CN)C1CCCCN1C(N)=O. The third kappa shape index (κ3) is 2.18. The van der Waals surface area contributed by atoms with Crippen molar-refractivity contribution in [3.63, 3.8) is 0 Å². The van der Waals surface area contributed by atoms with Crippen molar-refractivity contribution in [2.45, 2.75) is 39.2 Å². The van der Waals surface area contributed by atoms with Gasteiger partial charge in [0.1, 0.15) is 0 Å². The van der Waals surface area contributed by atoms with E-state index in [2.05, 4.69) is 13.8 Å². The fourth-order valence-corrected chi connectivity index (χ4v) is 2.14. The standard InChI is InChI=1S/C10H21N3O/c1-10(2,7-11)8-5-3-4-6-13(8)9(12)14/h8H,3-7,11H2,1-2H3,(H2,12,14). The van der Waals surface area contributed by atoms with Crippen molar-refractivity contribution in [3.05, 3.63) is 0 Å². The predicted octanol–water partition coefficient (Wildman–Crippen LogP) is 0.904. The lowest BCUT2D eigenvalue weighted by Gasteiger charge is -2.43. The highest BCUT2D eigenvalue weighted by atomic mass is 16.2. The Kier molecular flexibility index (Phi) is 3.37. The van der Waals surface area contributed by atoms with E-state index in [1.165, 1.54) is 0 Å². The summed E-state index contributed by atoms with van der Waals surface area (Å²) in [6.45, 7) is 5.56. The number of likely N-dealkylation sites (tertiary alicyclic amines) is 1. The third-order valence-electron chi connectivity index (χ3n) is 3.21. The number of hydrogen-bond acceptors (Lipinski definition) is 2. The van der Waals surface area contributed by atoms with E-state index in [9.17, 15) is 4.79 Å². The molecule has 0 bridgehead atoms. The Morgan fingerprint density at radius 3 is 2.64 bits per heavy atom. The van der Waals surface area contributed by atoms with Crippen LogP contribution in [-0.2, 0) is 0 Å². The van der Waals surface area contributed by atoms with Gasteiger partial charge in [-0.2, -0.15) is 0 Å². The predicted molar refractivity (Wildman–Crippen MR) is 56.8 cm³/mol. The lowest BCUT2D eigenvalue weighted by molar-refractivity contribution is 0.0865. The molecule has 0 aliphatic carbocycles. The highest BCUT2D eigenvalue weighted by Gasteiger charge is 2.36. The van der Waals surface area contributed by atoms with Crippen LogP contribution in [0.5, 0.6) is 0 Å². The van der Waals surface area contributed by atoms with E-state index in [1.807, 2.05) is 0 Å². The number of rotatable bonds is 2. The molecule has 0 radical (unpaired) electrons. The summed E-state index contributed by atoms with van der Waals surface area (Å²) in [4.78, 5) is 13.0. The summed E-state index contributed by atoms with van der Waals surface area (Å²) in [5.41, 5.74) is 11.0. The van der Waals surface area contributed by atoms with Gasteiger partial charge in [0, 0.05) is 12.6 Å². The van der Waals surface area contributed by atoms with E-state index in [0.29, 0.717) is 6.54 Å². The van der Waals surface area contributed by atoms with Crippen LogP contribution in [0.3, 0.4) is 0 Å². The van der Waals surface area contributed by atoms with Gasteiger partial charge in [-0.25, -0.2) is 4.79 Å². The summed E-state index contributed by atoms with van der Waals surface area (Å²) in [6.07, 6.45) is 3.24. The van der Waals surface area contributed by atoms with E-state index in [1.54, 1.807) is 4.90 Å². The largest absolute Gasteiger partial charge is 0.351 e. The molecule has 2 amide bonds. The van der Waals surface area contributed by atoms with Crippen LogP contribution in [0.1, 0.15) is 33.1 Å². The molecule has 1 aliphatic rings. The number of piperidine rings is 1. The molecule has 1 heterocycles. The molecule has 1 rings (SSSR count). The maximum absolute atomic E-state index is 11.2. The first-order valence-corrected chi connectivity index (χ1v) is 5.25. The highest BCUT2D eigenvalue weighted by Crippen LogP contribution is 2.31. The molecule has 1 atom stereocenters. The van der Waals surface area contributed by atoms with Crippen LogP contribution in [0.25, 0.3) is 0 Å². The van der Waals surface area contributed by atoms with Crippen molar-refractivity contribution in [2.24, 2.45) is 16.9 Å². The van der Waals surface area contributed by atoms with Gasteiger partial charge in [-0.1, -0.05) is 13.8 Å². The van der Waals surface area contributed by atoms with Gasteiger partial charge in [-0.3, -0.25) is 0 Å². The zero-order valence-corrected chi connectivity index (χ0v) is 9.12. The lowest BCUT2D eigenvalue weighted by Crippen LogP contribution is -2.54. The average molecular weight is 199 g/mol. The molecule has 0 aromatic rings. The smallest absolute Gasteiger partial charge is 0.315 e. The van der Waals surface area contributed by atoms with Gasteiger partial charge in [0.15, 0.2) is 0 Å². The summed E-state index contributed by atoms with van der Waals surface area (Å²) in [5.74, 6) is 0. The molecule has 4 N–H and O–H groups in total. The Labute approximate surface area is 85.6 Å². The van der Waals surface area contributed by atoms with Crippen LogP contribution in [0.2, 0.25) is 0 Å². The lowest BCUT2D eigenvalue weighted by atomic mass is 9.79. The molecule has 0 aromatic carbocycles. The van der Waals surface area contributed by atoms with Crippen molar-refractivity contribution in [1.29, 1.82) is 0 Å². The highest BCUT2D eigenvalue weighted by molar-refractivity contribution is 5.72. The first kappa shape index (κ1) is 11.3. The van der Waals surface area contributed by atoms with Crippen molar-refractivity contribution in [3.8, 4) is 0 Å². The first-order chi connectivity index (χ1) is 6.49. The maximum atomic E-state index is 11.2. The Morgan fingerprint density at radius 1 is 1.50 bits per heavy atom. The maximum Gasteiger partial charge on any atom is 0.315 e. The van der Waals surface area contributed by atoms with Crippen LogP contribution in [0.15, 0.2) is 0 Å². The van der Waals surface area contributed by atoms with E-state index >= 15 is 0 Å². The zero-order valence-electron chi connectivity index (χ0n) is 9.12. The number of carbonyl (C=O) groups is 1. The van der Waals surface area contributed by atoms with Gasteiger partial charge in [0.05, 0.1) is 0 Å². The number of primary amides is 1. The molecule has 0 saturated carbocycles. The van der Waals surface area contributed by atoms with E-state index < -0.39 is 0 Å². The number of nitrogens with zero attached hydrogens (tertiary/aromatic N) is 1. The Morgan fingerprint density at radius 2 is 2.14 bits per heavy atom. The second-order valence-electron chi connectivity index (χ2n) is 4.74. The molecule has 4 heteroatoms. The molecule has 1 unspecified atom stereocenters. The molecule has 1 saturated heterocycles. The molecule has 0 aromatic heterocycles. The average Bonchev–Trinajstić information content (AvgIpc) is 2.18. The van der Waals surface area contributed by atoms with Crippen LogP contribution in [0, 0.1) is 5.41 Å². The minimum Gasteiger partial charge on any atom is -0.351 e. The molecule has 82 valence electrons. The normalized spacial score (nSPS) is 23.6. The minimum atomic E-state index is -0.309. The molecule has 1 fully saturated rings.